The van der Waals surface area contributed by atoms with Gasteiger partial charge in [0.1, 0.15) is 5.82 Å². The van der Waals surface area contributed by atoms with Crippen molar-refractivity contribution in [2.45, 2.75) is 25.7 Å². The Bertz CT molecular complexity index is 423. The second-order valence-corrected chi connectivity index (χ2v) is 6.52. The molecule has 2 heterocycles. The number of piperidine rings is 1. The summed E-state index contributed by atoms with van der Waals surface area (Å²) in [6, 6.07) is 7.10. The van der Waals surface area contributed by atoms with Crippen molar-refractivity contribution < 1.29 is 4.39 Å². The number of hydrogen-bond acceptors (Lipinski definition) is 2. The molecular weight excluding hydrogens is 251 g/mol. The minimum atomic E-state index is -0.131. The normalized spacial score (nSPS) is 28.9. The first-order chi connectivity index (χ1) is 9.72. The predicted molar refractivity (Wildman–Crippen MR) is 80.3 cm³/mol. The first-order valence-electron chi connectivity index (χ1n) is 7.91. The molecule has 0 saturated carbocycles. The Kier molecular flexibility index (Phi) is 4.37. The second-order valence-electron chi connectivity index (χ2n) is 6.52. The van der Waals surface area contributed by atoms with E-state index in [1.807, 2.05) is 12.1 Å². The van der Waals surface area contributed by atoms with Gasteiger partial charge in [0.2, 0.25) is 0 Å². The Morgan fingerprint density at radius 3 is 2.45 bits per heavy atom. The van der Waals surface area contributed by atoms with Crippen molar-refractivity contribution in [3.8, 4) is 0 Å². The summed E-state index contributed by atoms with van der Waals surface area (Å²) >= 11 is 0. The number of likely N-dealkylation sites (tertiary alicyclic amines) is 1. The molecule has 0 unspecified atom stereocenters. The van der Waals surface area contributed by atoms with Crippen LogP contribution in [-0.4, -0.2) is 37.6 Å². The van der Waals surface area contributed by atoms with E-state index in [1.165, 1.54) is 51.1 Å². The summed E-state index contributed by atoms with van der Waals surface area (Å²) in [4.78, 5) is 2.62. The lowest BCUT2D eigenvalue weighted by molar-refractivity contribution is 0.175. The molecule has 2 aliphatic rings. The van der Waals surface area contributed by atoms with Gasteiger partial charge in [0.05, 0.1) is 0 Å². The van der Waals surface area contributed by atoms with E-state index in [4.69, 9.17) is 0 Å². The Morgan fingerprint density at radius 1 is 1.15 bits per heavy atom. The van der Waals surface area contributed by atoms with Gasteiger partial charge >= 0.3 is 0 Å². The third-order valence-corrected chi connectivity index (χ3v) is 5.10. The standard InChI is InChI=1S/C17H25FN2/c1-13-10-19-11-16(13)12-20-8-6-15(7-9-20)14-2-4-17(18)5-3-14/h2-5,13,15-16,19H,6-12H2,1H3/t13-,16+/m1/s1. The lowest BCUT2D eigenvalue weighted by Crippen LogP contribution is -2.38. The van der Waals surface area contributed by atoms with E-state index in [1.54, 1.807) is 12.1 Å². The zero-order valence-corrected chi connectivity index (χ0v) is 12.3. The molecule has 0 aliphatic carbocycles. The number of rotatable bonds is 3. The van der Waals surface area contributed by atoms with Gasteiger partial charge in [-0.15, -0.1) is 0 Å². The van der Waals surface area contributed by atoms with E-state index in [9.17, 15) is 4.39 Å². The molecule has 110 valence electrons. The van der Waals surface area contributed by atoms with Crippen molar-refractivity contribution in [2.75, 3.05) is 32.7 Å². The largest absolute Gasteiger partial charge is 0.316 e. The van der Waals surface area contributed by atoms with Crippen LogP contribution in [0, 0.1) is 17.7 Å². The van der Waals surface area contributed by atoms with E-state index in [0.717, 1.165) is 11.8 Å². The summed E-state index contributed by atoms with van der Waals surface area (Å²) in [5, 5.41) is 3.49. The molecular formula is C17H25FN2. The molecule has 2 aliphatic heterocycles. The molecule has 20 heavy (non-hydrogen) atoms. The van der Waals surface area contributed by atoms with Crippen LogP contribution in [0.5, 0.6) is 0 Å². The first-order valence-corrected chi connectivity index (χ1v) is 7.91. The second kappa shape index (κ2) is 6.23. The van der Waals surface area contributed by atoms with Gasteiger partial charge in [-0.25, -0.2) is 4.39 Å². The summed E-state index contributed by atoms with van der Waals surface area (Å²) in [5.41, 5.74) is 1.31. The predicted octanol–water partition coefficient (Wildman–Crippen LogP) is 2.86. The van der Waals surface area contributed by atoms with Crippen molar-refractivity contribution in [3.63, 3.8) is 0 Å². The number of nitrogens with zero attached hydrogens (tertiary/aromatic N) is 1. The molecule has 2 saturated heterocycles. The van der Waals surface area contributed by atoms with Crippen LogP contribution in [0.1, 0.15) is 31.2 Å². The molecule has 1 N–H and O–H groups in total. The molecule has 1 aromatic carbocycles. The Morgan fingerprint density at radius 2 is 1.85 bits per heavy atom. The summed E-state index contributed by atoms with van der Waals surface area (Å²) in [5.74, 6) is 2.11. The number of nitrogens with one attached hydrogen (secondary N) is 1. The average molecular weight is 276 g/mol. The maximum atomic E-state index is 13.0. The van der Waals surface area contributed by atoms with E-state index in [2.05, 4.69) is 17.1 Å². The van der Waals surface area contributed by atoms with Gasteiger partial charge in [-0.1, -0.05) is 19.1 Å². The monoisotopic (exact) mass is 276 g/mol. The van der Waals surface area contributed by atoms with Crippen LogP contribution in [0.3, 0.4) is 0 Å². The molecule has 3 rings (SSSR count). The van der Waals surface area contributed by atoms with Crippen LogP contribution in [-0.2, 0) is 0 Å². The van der Waals surface area contributed by atoms with Crippen molar-refractivity contribution in [1.29, 1.82) is 0 Å². The minimum absolute atomic E-state index is 0.131. The molecule has 2 nitrogen and oxygen atoms in total. The molecule has 0 radical (unpaired) electrons. The van der Waals surface area contributed by atoms with Gasteiger partial charge in [0, 0.05) is 6.54 Å². The molecule has 2 fully saturated rings. The molecule has 0 spiro atoms. The highest BCUT2D eigenvalue weighted by Gasteiger charge is 2.27. The zero-order valence-electron chi connectivity index (χ0n) is 12.3. The number of benzene rings is 1. The lowest BCUT2D eigenvalue weighted by atomic mass is 9.88. The van der Waals surface area contributed by atoms with Crippen molar-refractivity contribution in [1.82, 2.24) is 10.2 Å². The Hall–Kier alpha value is -0.930. The van der Waals surface area contributed by atoms with E-state index in [-0.39, 0.29) is 5.82 Å². The Labute approximate surface area is 121 Å². The Balaban J connectivity index is 1.50. The fourth-order valence-electron chi connectivity index (χ4n) is 3.62. The highest BCUT2D eigenvalue weighted by Crippen LogP contribution is 2.29. The van der Waals surface area contributed by atoms with Crippen molar-refractivity contribution >= 4 is 0 Å². The van der Waals surface area contributed by atoms with Crippen LogP contribution < -0.4 is 5.32 Å². The smallest absolute Gasteiger partial charge is 0.123 e. The molecule has 0 bridgehead atoms. The molecule has 3 heteroatoms. The third kappa shape index (κ3) is 3.21. The fourth-order valence-corrected chi connectivity index (χ4v) is 3.62. The molecule has 2 atom stereocenters. The number of halogens is 1. The lowest BCUT2D eigenvalue weighted by Gasteiger charge is -2.34. The van der Waals surface area contributed by atoms with Crippen LogP contribution in [0.4, 0.5) is 4.39 Å². The average Bonchev–Trinajstić information content (AvgIpc) is 2.86. The van der Waals surface area contributed by atoms with Crippen LogP contribution in [0.15, 0.2) is 24.3 Å². The summed E-state index contributed by atoms with van der Waals surface area (Å²) in [6.45, 7) is 8.33. The quantitative estimate of drug-likeness (QED) is 0.913. The summed E-state index contributed by atoms with van der Waals surface area (Å²) in [6.07, 6.45) is 2.42. The van der Waals surface area contributed by atoms with Crippen molar-refractivity contribution in [3.05, 3.63) is 35.6 Å². The van der Waals surface area contributed by atoms with E-state index >= 15 is 0 Å². The topological polar surface area (TPSA) is 15.3 Å². The van der Waals surface area contributed by atoms with Gasteiger partial charge in [-0.3, -0.25) is 0 Å². The van der Waals surface area contributed by atoms with Crippen LogP contribution in [0.2, 0.25) is 0 Å². The highest BCUT2D eigenvalue weighted by molar-refractivity contribution is 5.21. The fraction of sp³-hybridized carbons (Fsp3) is 0.647. The maximum Gasteiger partial charge on any atom is 0.123 e. The van der Waals surface area contributed by atoms with Gasteiger partial charge < -0.3 is 10.2 Å². The third-order valence-electron chi connectivity index (χ3n) is 5.10. The number of hydrogen-bond donors (Lipinski definition) is 1. The minimum Gasteiger partial charge on any atom is -0.316 e. The molecule has 0 amide bonds. The first kappa shape index (κ1) is 14.0. The van der Waals surface area contributed by atoms with Crippen LogP contribution in [0.25, 0.3) is 0 Å². The molecule has 0 aromatic heterocycles. The highest BCUT2D eigenvalue weighted by atomic mass is 19.1. The summed E-state index contributed by atoms with van der Waals surface area (Å²) in [7, 11) is 0. The van der Waals surface area contributed by atoms with E-state index in [0.29, 0.717) is 5.92 Å². The van der Waals surface area contributed by atoms with E-state index < -0.39 is 0 Å². The van der Waals surface area contributed by atoms with Gasteiger partial charge in [-0.2, -0.15) is 0 Å². The van der Waals surface area contributed by atoms with Gasteiger partial charge in [0.25, 0.3) is 0 Å². The molecule has 1 aromatic rings. The van der Waals surface area contributed by atoms with Gasteiger partial charge in [0.15, 0.2) is 0 Å². The SMILES string of the molecule is C[C@@H]1CNC[C@H]1CN1CCC(c2ccc(F)cc2)CC1. The van der Waals surface area contributed by atoms with Crippen LogP contribution >= 0.6 is 0 Å². The van der Waals surface area contributed by atoms with Crippen molar-refractivity contribution in [2.24, 2.45) is 11.8 Å². The van der Waals surface area contributed by atoms with Gasteiger partial charge in [-0.05, 0) is 74.5 Å². The summed E-state index contributed by atoms with van der Waals surface area (Å²) < 4.78 is 13.0. The zero-order chi connectivity index (χ0) is 13.9. The maximum absolute atomic E-state index is 13.0.